The molecule has 1 amide bonds. The van der Waals surface area contributed by atoms with Gasteiger partial charge in [0.1, 0.15) is 6.17 Å². The van der Waals surface area contributed by atoms with Crippen molar-refractivity contribution in [2.45, 2.75) is 26.9 Å². The van der Waals surface area contributed by atoms with Gasteiger partial charge in [0.05, 0.1) is 5.71 Å². The Bertz CT molecular complexity index is 325. The quantitative estimate of drug-likeness (QED) is 0.454. The van der Waals surface area contributed by atoms with Crippen LogP contribution >= 0.6 is 0 Å². The second kappa shape index (κ2) is 5.67. The summed E-state index contributed by atoms with van der Waals surface area (Å²) in [4.78, 5) is 20.4. The van der Waals surface area contributed by atoms with Crippen LogP contribution in [-0.2, 0) is 4.84 Å². The van der Waals surface area contributed by atoms with E-state index in [1.54, 1.807) is 0 Å². The zero-order valence-corrected chi connectivity index (χ0v) is 12.1. The van der Waals surface area contributed by atoms with E-state index in [9.17, 15) is 4.79 Å². The Morgan fingerprint density at radius 2 is 1.78 bits per heavy atom. The number of rotatable bonds is 2. The molecule has 6 heteroatoms. The van der Waals surface area contributed by atoms with Gasteiger partial charge >= 0.3 is 6.09 Å². The van der Waals surface area contributed by atoms with E-state index < -0.39 is 6.09 Å². The molecule has 0 aliphatic carbocycles. The lowest BCUT2D eigenvalue weighted by atomic mass is 9.87. The van der Waals surface area contributed by atoms with Crippen molar-refractivity contribution in [3.63, 3.8) is 0 Å². The van der Waals surface area contributed by atoms with E-state index in [1.165, 1.54) is 7.05 Å². The van der Waals surface area contributed by atoms with E-state index in [4.69, 9.17) is 4.84 Å². The maximum absolute atomic E-state index is 11.2. The number of oxime groups is 1. The van der Waals surface area contributed by atoms with E-state index in [0.717, 1.165) is 18.8 Å². The summed E-state index contributed by atoms with van der Waals surface area (Å²) < 4.78 is 0. The predicted molar refractivity (Wildman–Crippen MR) is 71.5 cm³/mol. The summed E-state index contributed by atoms with van der Waals surface area (Å²) in [5.74, 6) is 0. The van der Waals surface area contributed by atoms with Crippen molar-refractivity contribution in [2.24, 2.45) is 10.6 Å². The van der Waals surface area contributed by atoms with Crippen LogP contribution in [0.2, 0.25) is 0 Å². The summed E-state index contributed by atoms with van der Waals surface area (Å²) in [7, 11) is 5.62. The molecule has 0 saturated carbocycles. The average molecular weight is 256 g/mol. The SMILES string of the molecule is CNC(=O)ON=C(C1N(C)CCN1C)C(C)(C)C. The van der Waals surface area contributed by atoms with Crippen LogP contribution < -0.4 is 5.32 Å². The van der Waals surface area contributed by atoms with Crippen LogP contribution in [0, 0.1) is 5.41 Å². The lowest BCUT2D eigenvalue weighted by molar-refractivity contribution is 0.147. The highest BCUT2D eigenvalue weighted by Crippen LogP contribution is 2.25. The van der Waals surface area contributed by atoms with Crippen LogP contribution in [0.25, 0.3) is 0 Å². The first-order chi connectivity index (χ1) is 8.27. The van der Waals surface area contributed by atoms with Gasteiger partial charge in [-0.1, -0.05) is 25.9 Å². The minimum Gasteiger partial charge on any atom is -0.323 e. The van der Waals surface area contributed by atoms with Gasteiger partial charge in [-0.05, 0) is 14.1 Å². The van der Waals surface area contributed by atoms with Gasteiger partial charge in [0.25, 0.3) is 0 Å². The standard InChI is InChI=1S/C12H24N4O2/c1-12(2,3)9(14-18-11(17)13-4)10-15(5)7-8-16(10)6/h10H,7-8H2,1-6H3,(H,13,17). The topological polar surface area (TPSA) is 57.2 Å². The molecule has 0 bridgehead atoms. The summed E-state index contributed by atoms with van der Waals surface area (Å²) in [6.07, 6.45) is -0.463. The van der Waals surface area contributed by atoms with Gasteiger partial charge in [0, 0.05) is 25.6 Å². The molecule has 1 aliphatic rings. The molecule has 1 heterocycles. The molecule has 0 aromatic rings. The Hall–Kier alpha value is -1.14. The van der Waals surface area contributed by atoms with Crippen LogP contribution in [0.4, 0.5) is 4.79 Å². The minimum atomic E-state index is -0.542. The molecular formula is C12H24N4O2. The zero-order valence-electron chi connectivity index (χ0n) is 12.1. The molecule has 0 atom stereocenters. The Balaban J connectivity index is 2.95. The van der Waals surface area contributed by atoms with Crippen molar-refractivity contribution in [1.82, 2.24) is 15.1 Å². The molecule has 1 N–H and O–H groups in total. The lowest BCUT2D eigenvalue weighted by Crippen LogP contribution is -2.47. The molecule has 18 heavy (non-hydrogen) atoms. The van der Waals surface area contributed by atoms with Gasteiger partial charge < -0.3 is 5.32 Å². The molecule has 0 unspecified atom stereocenters. The maximum Gasteiger partial charge on any atom is 0.433 e. The molecule has 1 saturated heterocycles. The molecule has 1 fully saturated rings. The van der Waals surface area contributed by atoms with Crippen molar-refractivity contribution in [3.8, 4) is 0 Å². The highest BCUT2D eigenvalue weighted by molar-refractivity contribution is 5.93. The van der Waals surface area contributed by atoms with Gasteiger partial charge in [0.15, 0.2) is 0 Å². The normalized spacial score (nSPS) is 20.2. The number of hydrogen-bond donors (Lipinski definition) is 1. The van der Waals surface area contributed by atoms with Crippen molar-refractivity contribution >= 4 is 11.8 Å². The number of carbonyl (C=O) groups excluding carboxylic acids is 1. The molecule has 0 aromatic carbocycles. The molecule has 0 aromatic heterocycles. The van der Waals surface area contributed by atoms with Crippen LogP contribution in [0.15, 0.2) is 5.16 Å². The molecule has 1 rings (SSSR count). The second-order valence-electron chi connectivity index (χ2n) is 5.69. The van der Waals surface area contributed by atoms with Crippen molar-refractivity contribution in [3.05, 3.63) is 0 Å². The van der Waals surface area contributed by atoms with Crippen molar-refractivity contribution in [1.29, 1.82) is 0 Å². The Morgan fingerprint density at radius 1 is 1.28 bits per heavy atom. The van der Waals surface area contributed by atoms with E-state index in [2.05, 4.69) is 55.1 Å². The van der Waals surface area contributed by atoms with Crippen LogP contribution in [-0.4, -0.2) is 62.0 Å². The van der Waals surface area contributed by atoms with Gasteiger partial charge in [-0.3, -0.25) is 14.6 Å². The Labute approximate surface area is 109 Å². The zero-order chi connectivity index (χ0) is 13.9. The van der Waals surface area contributed by atoms with Gasteiger partial charge in [-0.15, -0.1) is 0 Å². The number of likely N-dealkylation sites (N-methyl/N-ethyl adjacent to an activating group) is 2. The highest BCUT2D eigenvalue weighted by Gasteiger charge is 2.37. The maximum atomic E-state index is 11.2. The van der Waals surface area contributed by atoms with E-state index in [-0.39, 0.29) is 11.6 Å². The third kappa shape index (κ3) is 3.43. The molecule has 1 aliphatic heterocycles. The highest BCUT2D eigenvalue weighted by atomic mass is 16.7. The second-order valence-corrected chi connectivity index (χ2v) is 5.69. The third-order valence-electron chi connectivity index (χ3n) is 3.08. The minimum absolute atomic E-state index is 0.0784. The third-order valence-corrected chi connectivity index (χ3v) is 3.08. The average Bonchev–Trinajstić information content (AvgIpc) is 2.58. The summed E-state index contributed by atoms with van der Waals surface area (Å²) >= 11 is 0. The molecule has 104 valence electrons. The smallest absolute Gasteiger partial charge is 0.323 e. The molecule has 0 radical (unpaired) electrons. The van der Waals surface area contributed by atoms with Crippen LogP contribution in [0.1, 0.15) is 20.8 Å². The van der Waals surface area contributed by atoms with Gasteiger partial charge in [-0.2, -0.15) is 0 Å². The number of hydrogen-bond acceptors (Lipinski definition) is 5. The number of amides is 1. The first-order valence-electron chi connectivity index (χ1n) is 6.15. The summed E-state index contributed by atoms with van der Waals surface area (Å²) in [6.45, 7) is 8.17. The Kier molecular flexibility index (Phi) is 4.70. The van der Waals surface area contributed by atoms with Crippen molar-refractivity contribution < 1.29 is 9.63 Å². The predicted octanol–water partition coefficient (Wildman–Crippen LogP) is 0.948. The lowest BCUT2D eigenvalue weighted by Gasteiger charge is -2.32. The number of nitrogens with one attached hydrogen (secondary N) is 1. The molecule has 6 nitrogen and oxygen atoms in total. The first kappa shape index (κ1) is 14.9. The largest absolute Gasteiger partial charge is 0.433 e. The monoisotopic (exact) mass is 256 g/mol. The fourth-order valence-electron chi connectivity index (χ4n) is 2.02. The fraction of sp³-hybridized carbons (Fsp3) is 0.833. The fourth-order valence-corrected chi connectivity index (χ4v) is 2.02. The van der Waals surface area contributed by atoms with Crippen molar-refractivity contribution in [2.75, 3.05) is 34.2 Å². The van der Waals surface area contributed by atoms with E-state index in [1.807, 2.05) is 0 Å². The summed E-state index contributed by atoms with van der Waals surface area (Å²) in [6, 6.07) is 0. The van der Waals surface area contributed by atoms with E-state index in [0.29, 0.717) is 0 Å². The van der Waals surface area contributed by atoms with Crippen LogP contribution in [0.3, 0.4) is 0 Å². The van der Waals surface area contributed by atoms with Crippen LogP contribution in [0.5, 0.6) is 0 Å². The summed E-state index contributed by atoms with van der Waals surface area (Å²) in [5.41, 5.74) is 0.694. The Morgan fingerprint density at radius 3 is 2.17 bits per heavy atom. The summed E-state index contributed by atoms with van der Waals surface area (Å²) in [5, 5.41) is 6.46. The number of carbonyl (C=O) groups is 1. The molecular weight excluding hydrogens is 232 g/mol. The molecule has 0 spiro atoms. The van der Waals surface area contributed by atoms with E-state index >= 15 is 0 Å². The van der Waals surface area contributed by atoms with Gasteiger partial charge in [-0.25, -0.2) is 4.79 Å². The first-order valence-corrected chi connectivity index (χ1v) is 6.15. The number of nitrogens with zero attached hydrogens (tertiary/aromatic N) is 3. The van der Waals surface area contributed by atoms with Gasteiger partial charge in [0.2, 0.25) is 0 Å².